The SMILES string of the molecule is COc1ccc(C(=O)N2CC3CC(C2)c2ccc(-c4ccc(OC)cc4)c(=O)n2C3)cc1. The molecule has 6 nitrogen and oxygen atoms in total. The van der Waals surface area contributed by atoms with Gasteiger partial charge >= 0.3 is 0 Å². The van der Waals surface area contributed by atoms with Crippen molar-refractivity contribution in [3.05, 3.63) is 82.3 Å². The summed E-state index contributed by atoms with van der Waals surface area (Å²) in [7, 11) is 3.24. The first-order valence-corrected chi connectivity index (χ1v) is 10.9. The Labute approximate surface area is 187 Å². The van der Waals surface area contributed by atoms with Gasteiger partial charge in [0.15, 0.2) is 0 Å². The van der Waals surface area contributed by atoms with Crippen LogP contribution in [0.1, 0.15) is 28.4 Å². The van der Waals surface area contributed by atoms with Crippen molar-refractivity contribution in [2.24, 2.45) is 5.92 Å². The number of rotatable bonds is 4. The summed E-state index contributed by atoms with van der Waals surface area (Å²) in [5.41, 5.74) is 3.31. The number of carbonyl (C=O) groups excluding carboxylic acids is 1. The zero-order valence-electron chi connectivity index (χ0n) is 18.3. The average Bonchev–Trinajstić information content (AvgIpc) is 2.84. The van der Waals surface area contributed by atoms with Gasteiger partial charge in [-0.2, -0.15) is 0 Å². The molecule has 3 aromatic rings. The summed E-state index contributed by atoms with van der Waals surface area (Å²) in [4.78, 5) is 28.4. The number of carbonyl (C=O) groups is 1. The van der Waals surface area contributed by atoms with Crippen molar-refractivity contribution < 1.29 is 14.3 Å². The molecule has 1 fully saturated rings. The van der Waals surface area contributed by atoms with Crippen LogP contribution in [0.4, 0.5) is 0 Å². The maximum absolute atomic E-state index is 13.3. The molecular formula is C26H26N2O4. The molecule has 2 bridgehead atoms. The summed E-state index contributed by atoms with van der Waals surface area (Å²) in [6, 6.07) is 18.8. The third kappa shape index (κ3) is 3.55. The third-order valence-electron chi connectivity index (χ3n) is 6.63. The summed E-state index contributed by atoms with van der Waals surface area (Å²) < 4.78 is 12.3. The first-order valence-electron chi connectivity index (χ1n) is 10.9. The first-order chi connectivity index (χ1) is 15.6. The van der Waals surface area contributed by atoms with Crippen molar-refractivity contribution in [2.75, 3.05) is 27.3 Å². The van der Waals surface area contributed by atoms with Crippen LogP contribution >= 0.6 is 0 Å². The summed E-state index contributed by atoms with van der Waals surface area (Å²) in [5, 5.41) is 0. The lowest BCUT2D eigenvalue weighted by atomic mass is 9.82. The van der Waals surface area contributed by atoms with Crippen molar-refractivity contribution >= 4 is 5.91 Å². The molecule has 0 N–H and O–H groups in total. The molecule has 2 atom stereocenters. The average molecular weight is 431 g/mol. The van der Waals surface area contributed by atoms with E-state index < -0.39 is 0 Å². The second-order valence-electron chi connectivity index (χ2n) is 8.55. The van der Waals surface area contributed by atoms with E-state index in [1.54, 1.807) is 14.2 Å². The number of methoxy groups -OCH3 is 2. The summed E-state index contributed by atoms with van der Waals surface area (Å²) >= 11 is 0. The zero-order valence-corrected chi connectivity index (χ0v) is 18.3. The summed E-state index contributed by atoms with van der Waals surface area (Å²) in [6.07, 6.45) is 1.01. The van der Waals surface area contributed by atoms with Crippen LogP contribution in [0.25, 0.3) is 11.1 Å². The van der Waals surface area contributed by atoms with E-state index >= 15 is 0 Å². The Morgan fingerprint density at radius 2 is 1.50 bits per heavy atom. The van der Waals surface area contributed by atoms with Crippen LogP contribution in [0.15, 0.2) is 65.5 Å². The Bertz CT molecular complexity index is 1200. The van der Waals surface area contributed by atoms with E-state index in [4.69, 9.17) is 9.47 Å². The van der Waals surface area contributed by atoms with Crippen molar-refractivity contribution in [1.29, 1.82) is 0 Å². The van der Waals surface area contributed by atoms with Gasteiger partial charge in [-0.05, 0) is 66.4 Å². The van der Waals surface area contributed by atoms with Gasteiger partial charge in [-0.3, -0.25) is 9.59 Å². The number of hydrogen-bond donors (Lipinski definition) is 0. The number of ether oxygens (including phenoxy) is 2. The highest BCUT2D eigenvalue weighted by Crippen LogP contribution is 2.36. The number of fused-ring (bicyclic) bond motifs is 4. The van der Waals surface area contributed by atoms with E-state index in [1.807, 2.05) is 64.1 Å². The molecule has 2 aliphatic rings. The highest BCUT2D eigenvalue weighted by Gasteiger charge is 2.37. The minimum Gasteiger partial charge on any atom is -0.497 e. The van der Waals surface area contributed by atoms with Crippen LogP contribution < -0.4 is 15.0 Å². The van der Waals surface area contributed by atoms with Crippen molar-refractivity contribution in [1.82, 2.24) is 9.47 Å². The van der Waals surface area contributed by atoms with Gasteiger partial charge in [0, 0.05) is 42.4 Å². The number of aromatic nitrogens is 1. The molecule has 6 heteroatoms. The molecule has 164 valence electrons. The first kappa shape index (κ1) is 20.4. The Balaban J connectivity index is 1.41. The molecule has 1 aromatic heterocycles. The topological polar surface area (TPSA) is 60.8 Å². The van der Waals surface area contributed by atoms with E-state index in [-0.39, 0.29) is 23.3 Å². The van der Waals surface area contributed by atoms with E-state index in [0.717, 1.165) is 29.2 Å². The lowest BCUT2D eigenvalue weighted by Crippen LogP contribution is -2.49. The van der Waals surface area contributed by atoms with Crippen LogP contribution in [0.3, 0.4) is 0 Å². The van der Waals surface area contributed by atoms with Gasteiger partial charge in [0.05, 0.1) is 14.2 Å². The van der Waals surface area contributed by atoms with Crippen molar-refractivity contribution in [2.45, 2.75) is 18.9 Å². The maximum Gasteiger partial charge on any atom is 0.258 e. The molecule has 1 saturated heterocycles. The molecule has 2 unspecified atom stereocenters. The van der Waals surface area contributed by atoms with E-state index in [2.05, 4.69) is 6.07 Å². The van der Waals surface area contributed by atoms with Crippen LogP contribution in [0, 0.1) is 5.92 Å². The fourth-order valence-electron chi connectivity index (χ4n) is 5.02. The second-order valence-corrected chi connectivity index (χ2v) is 8.55. The zero-order chi connectivity index (χ0) is 22.2. The minimum absolute atomic E-state index is 0.0352. The van der Waals surface area contributed by atoms with Crippen LogP contribution in [0.5, 0.6) is 11.5 Å². The monoisotopic (exact) mass is 430 g/mol. The lowest BCUT2D eigenvalue weighted by Gasteiger charge is -2.43. The number of piperidine rings is 1. The van der Waals surface area contributed by atoms with Gasteiger partial charge < -0.3 is 18.9 Å². The largest absolute Gasteiger partial charge is 0.497 e. The molecule has 0 saturated carbocycles. The Morgan fingerprint density at radius 1 is 0.844 bits per heavy atom. The Morgan fingerprint density at radius 3 is 2.16 bits per heavy atom. The van der Waals surface area contributed by atoms with E-state index in [0.29, 0.717) is 30.8 Å². The van der Waals surface area contributed by atoms with Crippen molar-refractivity contribution in [3.8, 4) is 22.6 Å². The third-order valence-corrected chi connectivity index (χ3v) is 6.63. The molecule has 0 aliphatic carbocycles. The van der Waals surface area contributed by atoms with E-state index in [9.17, 15) is 9.59 Å². The Hall–Kier alpha value is -3.54. The maximum atomic E-state index is 13.3. The lowest BCUT2D eigenvalue weighted by molar-refractivity contribution is 0.0594. The van der Waals surface area contributed by atoms with Crippen molar-refractivity contribution in [3.63, 3.8) is 0 Å². The van der Waals surface area contributed by atoms with Gasteiger partial charge in [-0.15, -0.1) is 0 Å². The smallest absolute Gasteiger partial charge is 0.258 e. The fourth-order valence-corrected chi connectivity index (χ4v) is 5.02. The number of hydrogen-bond acceptors (Lipinski definition) is 4. The van der Waals surface area contributed by atoms with Gasteiger partial charge in [0.1, 0.15) is 11.5 Å². The normalized spacial score (nSPS) is 19.2. The standard InChI is InChI=1S/C26H26N2O4/c1-31-21-7-3-18(4-8-21)23-11-12-24-20-13-17(15-28(24)26(23)30)14-27(16-20)25(29)19-5-9-22(32-2)10-6-19/h3-12,17,20H,13-16H2,1-2H3. The molecule has 0 spiro atoms. The van der Waals surface area contributed by atoms with E-state index in [1.165, 1.54) is 0 Å². The van der Waals surface area contributed by atoms with Gasteiger partial charge in [0.25, 0.3) is 11.5 Å². The molecule has 0 radical (unpaired) electrons. The van der Waals surface area contributed by atoms with Crippen LogP contribution in [0.2, 0.25) is 0 Å². The number of pyridine rings is 1. The highest BCUT2D eigenvalue weighted by molar-refractivity contribution is 5.94. The van der Waals surface area contributed by atoms with Gasteiger partial charge in [0.2, 0.25) is 0 Å². The number of nitrogens with zero attached hydrogens (tertiary/aromatic N) is 2. The van der Waals surface area contributed by atoms with Crippen LogP contribution in [-0.2, 0) is 6.54 Å². The predicted molar refractivity (Wildman–Crippen MR) is 122 cm³/mol. The molecule has 2 aromatic carbocycles. The predicted octanol–water partition coefficient (Wildman–Crippen LogP) is 3.79. The molecular weight excluding hydrogens is 404 g/mol. The quantitative estimate of drug-likeness (QED) is 0.632. The fraction of sp³-hybridized carbons (Fsp3) is 0.308. The number of likely N-dealkylation sites (tertiary alicyclic amines) is 1. The summed E-state index contributed by atoms with van der Waals surface area (Å²) in [6.45, 7) is 1.93. The van der Waals surface area contributed by atoms with Gasteiger partial charge in [-0.1, -0.05) is 12.1 Å². The number of benzene rings is 2. The Kier molecular flexibility index (Phi) is 5.21. The molecule has 3 heterocycles. The van der Waals surface area contributed by atoms with Gasteiger partial charge in [-0.25, -0.2) is 0 Å². The van der Waals surface area contributed by atoms with Crippen LogP contribution in [-0.4, -0.2) is 42.7 Å². The molecule has 1 amide bonds. The number of amides is 1. The molecule has 32 heavy (non-hydrogen) atoms. The second kappa shape index (κ2) is 8.19. The minimum atomic E-state index is 0.0352. The molecule has 2 aliphatic heterocycles. The highest BCUT2D eigenvalue weighted by atomic mass is 16.5. The molecule has 5 rings (SSSR count). The summed E-state index contributed by atoms with van der Waals surface area (Å²) in [5.74, 6) is 1.98.